The number of ketones is 1. The number of rotatable bonds is 7. The van der Waals surface area contributed by atoms with Gasteiger partial charge < -0.3 is 0 Å². The highest BCUT2D eigenvalue weighted by atomic mass is 35.5. The topological polar surface area (TPSA) is 94.3 Å². The lowest BCUT2D eigenvalue weighted by Crippen LogP contribution is -2.18. The Hall–Kier alpha value is -2.74. The second kappa shape index (κ2) is 9.18. The van der Waals surface area contributed by atoms with Crippen LogP contribution in [-0.4, -0.2) is 19.1 Å². The van der Waals surface area contributed by atoms with Gasteiger partial charge in [0.1, 0.15) is 0 Å². The van der Waals surface area contributed by atoms with Gasteiger partial charge in [-0.25, -0.2) is 8.42 Å². The number of non-ortho nitro benzene ring substituents is 1. The van der Waals surface area contributed by atoms with Gasteiger partial charge in [-0.1, -0.05) is 59.1 Å². The summed E-state index contributed by atoms with van der Waals surface area (Å²) in [6.07, 6.45) is -0.421. The van der Waals surface area contributed by atoms with Crippen LogP contribution in [0, 0.1) is 17.0 Å². The third-order valence-electron chi connectivity index (χ3n) is 4.79. The molecule has 0 spiro atoms. The minimum atomic E-state index is -3.99. The number of Topliss-reactive ketones (excluding diaryl/α,β-unsaturated/α-hetero) is 1. The summed E-state index contributed by atoms with van der Waals surface area (Å²) in [4.78, 5) is 23.4. The maximum Gasteiger partial charge on any atom is 0.270 e. The summed E-state index contributed by atoms with van der Waals surface area (Å²) in [5.74, 6) is -0.546. The van der Waals surface area contributed by atoms with E-state index in [-0.39, 0.29) is 26.2 Å². The summed E-state index contributed by atoms with van der Waals surface area (Å²) in [7, 11) is -3.99. The fraction of sp³-hybridized carbons (Fsp3) is 0.136. The molecule has 0 amide bonds. The van der Waals surface area contributed by atoms with Crippen LogP contribution >= 0.6 is 23.2 Å². The predicted molar refractivity (Wildman–Crippen MR) is 120 cm³/mol. The van der Waals surface area contributed by atoms with Gasteiger partial charge in [0.2, 0.25) is 0 Å². The van der Waals surface area contributed by atoms with Crippen LogP contribution in [0.4, 0.5) is 5.69 Å². The Labute approximate surface area is 189 Å². The van der Waals surface area contributed by atoms with E-state index in [0.29, 0.717) is 5.56 Å². The van der Waals surface area contributed by atoms with Crippen LogP contribution in [0.2, 0.25) is 10.0 Å². The monoisotopic (exact) mass is 477 g/mol. The SMILES string of the molecule is Cc1ccc(S(=O)(=O)[C@H](CC(=O)c2cccc([N+](=O)[O-])c2)c2ccc(Cl)c(Cl)c2)cc1. The van der Waals surface area contributed by atoms with Gasteiger partial charge in [0.15, 0.2) is 15.6 Å². The Kier molecular flexibility index (Phi) is 6.79. The molecule has 0 bridgehead atoms. The Morgan fingerprint density at radius 1 is 1.00 bits per heavy atom. The molecule has 0 aliphatic carbocycles. The van der Waals surface area contributed by atoms with Crippen LogP contribution in [0.3, 0.4) is 0 Å². The summed E-state index contributed by atoms with van der Waals surface area (Å²) in [5, 5.41) is 10.2. The van der Waals surface area contributed by atoms with Crippen molar-refractivity contribution in [3.63, 3.8) is 0 Å². The fourth-order valence-electron chi connectivity index (χ4n) is 3.09. The van der Waals surface area contributed by atoms with Gasteiger partial charge in [-0.3, -0.25) is 14.9 Å². The molecule has 3 rings (SSSR count). The average Bonchev–Trinajstić information content (AvgIpc) is 2.74. The highest BCUT2D eigenvalue weighted by molar-refractivity contribution is 7.91. The second-order valence-corrected chi connectivity index (χ2v) is 9.90. The van der Waals surface area contributed by atoms with Crippen LogP contribution in [0.1, 0.15) is 33.2 Å². The van der Waals surface area contributed by atoms with Gasteiger partial charge in [0.05, 0.1) is 25.1 Å². The third-order valence-corrected chi connectivity index (χ3v) is 7.65. The first-order chi connectivity index (χ1) is 14.6. The summed E-state index contributed by atoms with van der Waals surface area (Å²) in [6, 6.07) is 15.9. The lowest BCUT2D eigenvalue weighted by Gasteiger charge is -2.19. The third kappa shape index (κ3) is 5.12. The highest BCUT2D eigenvalue weighted by Gasteiger charge is 2.32. The van der Waals surface area contributed by atoms with E-state index in [1.54, 1.807) is 12.1 Å². The Bertz CT molecular complexity index is 1260. The molecule has 0 saturated carbocycles. The Morgan fingerprint density at radius 2 is 1.68 bits per heavy atom. The largest absolute Gasteiger partial charge is 0.294 e. The van der Waals surface area contributed by atoms with E-state index >= 15 is 0 Å². The van der Waals surface area contributed by atoms with Gasteiger partial charge >= 0.3 is 0 Å². The van der Waals surface area contributed by atoms with Crippen molar-refractivity contribution in [1.29, 1.82) is 0 Å². The number of nitrogens with zero attached hydrogens (tertiary/aromatic N) is 1. The van der Waals surface area contributed by atoms with E-state index in [9.17, 15) is 23.3 Å². The molecule has 1 atom stereocenters. The predicted octanol–water partition coefficient (Wildman–Crippen LogP) is 6.00. The summed E-state index contributed by atoms with van der Waals surface area (Å²) < 4.78 is 26.9. The molecule has 0 heterocycles. The molecule has 0 aromatic heterocycles. The molecule has 0 fully saturated rings. The molecule has 3 aromatic rings. The first-order valence-electron chi connectivity index (χ1n) is 9.13. The standard InChI is InChI=1S/C22H17Cl2NO5S/c1-14-5-8-18(9-6-14)31(29,30)22(16-7-10-19(23)20(24)12-16)13-21(26)15-3-2-4-17(11-15)25(27)28/h2-12,22H,13H2,1H3/t22-/m1/s1. The number of nitro benzene ring substituents is 1. The number of sulfone groups is 1. The number of hydrogen-bond acceptors (Lipinski definition) is 5. The molecule has 0 aliphatic heterocycles. The van der Waals surface area contributed by atoms with Crippen molar-refractivity contribution in [3.05, 3.63) is 104 Å². The molecule has 31 heavy (non-hydrogen) atoms. The maximum absolute atomic E-state index is 13.4. The van der Waals surface area contributed by atoms with Crippen LogP contribution in [0.5, 0.6) is 0 Å². The molecule has 0 saturated heterocycles. The number of aryl methyl sites for hydroxylation is 1. The van der Waals surface area contributed by atoms with Crippen molar-refractivity contribution >= 4 is 44.5 Å². The zero-order valence-corrected chi connectivity index (χ0v) is 18.6. The molecular weight excluding hydrogens is 461 g/mol. The van der Waals surface area contributed by atoms with Crippen LogP contribution in [0.25, 0.3) is 0 Å². The van der Waals surface area contributed by atoms with Gasteiger partial charge in [0, 0.05) is 24.1 Å². The van der Waals surface area contributed by atoms with Crippen LogP contribution in [-0.2, 0) is 9.84 Å². The van der Waals surface area contributed by atoms with Crippen molar-refractivity contribution in [2.45, 2.75) is 23.5 Å². The Morgan fingerprint density at radius 3 is 2.29 bits per heavy atom. The van der Waals surface area contributed by atoms with Gasteiger partial charge in [0.25, 0.3) is 5.69 Å². The number of carbonyl (C=O) groups is 1. The van der Waals surface area contributed by atoms with E-state index in [0.717, 1.165) is 11.6 Å². The molecule has 0 unspecified atom stereocenters. The lowest BCUT2D eigenvalue weighted by molar-refractivity contribution is -0.384. The molecule has 0 aliphatic rings. The van der Waals surface area contributed by atoms with E-state index in [1.165, 1.54) is 48.5 Å². The van der Waals surface area contributed by atoms with Crippen molar-refractivity contribution in [2.75, 3.05) is 0 Å². The summed E-state index contributed by atoms with van der Waals surface area (Å²) >= 11 is 12.1. The number of carbonyl (C=O) groups excluding carboxylic acids is 1. The molecule has 9 heteroatoms. The van der Waals surface area contributed by atoms with Gasteiger partial charge in [-0.2, -0.15) is 0 Å². The Balaban J connectivity index is 2.06. The van der Waals surface area contributed by atoms with Crippen molar-refractivity contribution in [3.8, 4) is 0 Å². The zero-order chi connectivity index (χ0) is 22.8. The molecule has 3 aromatic carbocycles. The number of halogens is 2. The van der Waals surface area contributed by atoms with Gasteiger partial charge in [-0.15, -0.1) is 0 Å². The van der Waals surface area contributed by atoms with Gasteiger partial charge in [-0.05, 0) is 36.8 Å². The van der Waals surface area contributed by atoms with Crippen molar-refractivity contribution in [2.24, 2.45) is 0 Å². The average molecular weight is 478 g/mol. The summed E-state index contributed by atoms with van der Waals surface area (Å²) in [6.45, 7) is 1.83. The quantitative estimate of drug-likeness (QED) is 0.236. The first-order valence-corrected chi connectivity index (χ1v) is 11.4. The normalized spacial score (nSPS) is 12.4. The van der Waals surface area contributed by atoms with Crippen LogP contribution < -0.4 is 0 Å². The lowest BCUT2D eigenvalue weighted by atomic mass is 10.0. The molecule has 6 nitrogen and oxygen atoms in total. The van der Waals surface area contributed by atoms with E-state index < -0.39 is 32.2 Å². The molecule has 160 valence electrons. The van der Waals surface area contributed by atoms with E-state index in [2.05, 4.69) is 0 Å². The maximum atomic E-state index is 13.4. The molecule has 0 radical (unpaired) electrons. The molecular formula is C22H17Cl2NO5S. The van der Waals surface area contributed by atoms with E-state index in [1.807, 2.05) is 6.92 Å². The molecule has 0 N–H and O–H groups in total. The van der Waals surface area contributed by atoms with Crippen molar-refractivity contribution in [1.82, 2.24) is 0 Å². The second-order valence-electron chi connectivity index (χ2n) is 6.95. The number of benzene rings is 3. The minimum absolute atomic E-state index is 0.0540. The fourth-order valence-corrected chi connectivity index (χ4v) is 5.12. The highest BCUT2D eigenvalue weighted by Crippen LogP contribution is 2.36. The number of hydrogen-bond donors (Lipinski definition) is 0. The minimum Gasteiger partial charge on any atom is -0.294 e. The van der Waals surface area contributed by atoms with Crippen LogP contribution in [0.15, 0.2) is 71.6 Å². The van der Waals surface area contributed by atoms with Crippen molar-refractivity contribution < 1.29 is 18.1 Å². The smallest absolute Gasteiger partial charge is 0.270 e. The van der Waals surface area contributed by atoms with E-state index in [4.69, 9.17) is 23.2 Å². The number of nitro groups is 1. The first kappa shape index (κ1) is 22.9. The zero-order valence-electron chi connectivity index (χ0n) is 16.3. The summed E-state index contributed by atoms with van der Waals surface area (Å²) in [5.41, 5.74) is 0.989.